The third-order valence-electron chi connectivity index (χ3n) is 6.36. The second-order valence-corrected chi connectivity index (χ2v) is 19.9. The van der Waals surface area contributed by atoms with Gasteiger partial charge in [-0.1, -0.05) is 59.4 Å². The summed E-state index contributed by atoms with van der Waals surface area (Å²) in [6.07, 6.45) is -0.722. The topological polar surface area (TPSA) is 99.9 Å². The lowest BCUT2D eigenvalue weighted by Gasteiger charge is -2.49. The maximum absolute atomic E-state index is 15.3. The van der Waals surface area contributed by atoms with Crippen molar-refractivity contribution in [3.8, 4) is 0 Å². The second-order valence-electron chi connectivity index (χ2n) is 11.9. The zero-order valence-electron chi connectivity index (χ0n) is 23.3. The average Bonchev–Trinajstić information content (AvgIpc) is 2.79. The number of aliphatic imine (C=N–C) groups is 1. The second kappa shape index (κ2) is 12.7. The van der Waals surface area contributed by atoms with Crippen molar-refractivity contribution in [2.45, 2.75) is 76.2 Å². The van der Waals surface area contributed by atoms with Crippen molar-refractivity contribution in [1.29, 1.82) is 0 Å². The van der Waals surface area contributed by atoms with E-state index in [9.17, 15) is 4.79 Å². The van der Waals surface area contributed by atoms with E-state index >= 15 is 8.78 Å². The highest BCUT2D eigenvalue weighted by Crippen LogP contribution is 2.52. The molecule has 38 heavy (non-hydrogen) atoms. The number of carbonyl (C=O) groups excluding carboxylic acids is 1. The van der Waals surface area contributed by atoms with E-state index in [2.05, 4.69) is 45.6 Å². The van der Waals surface area contributed by atoms with Gasteiger partial charge < -0.3 is 9.47 Å². The van der Waals surface area contributed by atoms with Crippen LogP contribution in [0.2, 0.25) is 25.7 Å². The molecular weight excluding hydrogens is 596 g/mol. The molecule has 0 bridgehead atoms. The number of hydrogen-bond donors (Lipinski definition) is 0. The molecule has 1 amide bonds. The molecule has 0 spiro atoms. The fourth-order valence-corrected chi connectivity index (χ4v) is 6.40. The molecule has 0 radical (unpaired) electrons. The van der Waals surface area contributed by atoms with Gasteiger partial charge in [0, 0.05) is 46.8 Å². The number of rotatable bonds is 9. The first-order chi connectivity index (χ1) is 17.5. The van der Waals surface area contributed by atoms with Gasteiger partial charge in [-0.05, 0) is 57.5 Å². The molecule has 13 heteroatoms. The first-order valence-electron chi connectivity index (χ1n) is 12.4. The van der Waals surface area contributed by atoms with E-state index in [0.29, 0.717) is 11.1 Å². The van der Waals surface area contributed by atoms with Gasteiger partial charge in [-0.2, -0.15) is 0 Å². The summed E-state index contributed by atoms with van der Waals surface area (Å²) in [5.74, 6) is -1.26. The fourth-order valence-electron chi connectivity index (χ4n) is 3.93. The molecule has 1 aromatic carbocycles. The van der Waals surface area contributed by atoms with Gasteiger partial charge >= 0.3 is 6.09 Å². The third kappa shape index (κ3) is 8.17. The summed E-state index contributed by atoms with van der Waals surface area (Å²) in [7, 11) is -1.40. The lowest BCUT2D eigenvalue weighted by Crippen LogP contribution is -2.55. The van der Waals surface area contributed by atoms with Crippen molar-refractivity contribution in [3.05, 3.63) is 44.5 Å². The normalized spacial score (nSPS) is 23.9. The molecule has 1 heterocycles. The summed E-state index contributed by atoms with van der Waals surface area (Å²) >= 11 is 4.52. The van der Waals surface area contributed by atoms with E-state index in [1.807, 2.05) is 0 Å². The molecule has 8 nitrogen and oxygen atoms in total. The Kier molecular flexibility index (Phi) is 10.9. The van der Waals surface area contributed by atoms with Crippen molar-refractivity contribution in [2.75, 3.05) is 26.6 Å². The molecule has 0 saturated carbocycles. The number of halogens is 3. The minimum absolute atomic E-state index is 0.0373. The van der Waals surface area contributed by atoms with E-state index in [1.54, 1.807) is 34.6 Å². The van der Waals surface area contributed by atoms with Crippen molar-refractivity contribution in [2.24, 2.45) is 16.0 Å². The Balaban J connectivity index is 2.69. The van der Waals surface area contributed by atoms with Gasteiger partial charge in [0.2, 0.25) is 0 Å². The van der Waals surface area contributed by atoms with Crippen LogP contribution in [-0.4, -0.2) is 61.1 Å². The highest BCUT2D eigenvalue weighted by Gasteiger charge is 2.54. The van der Waals surface area contributed by atoms with Gasteiger partial charge in [-0.15, -0.1) is 0 Å². The van der Waals surface area contributed by atoms with Crippen LogP contribution in [0.4, 0.5) is 13.6 Å². The van der Waals surface area contributed by atoms with Crippen molar-refractivity contribution >= 4 is 47.0 Å². The summed E-state index contributed by atoms with van der Waals surface area (Å²) in [6.45, 7) is 14.6. The number of alkyl halides is 1. The largest absolute Gasteiger partial charge is 0.443 e. The number of amidine groups is 1. The lowest BCUT2D eigenvalue weighted by molar-refractivity contribution is 0.0106. The maximum Gasteiger partial charge on any atom is 0.418 e. The van der Waals surface area contributed by atoms with Gasteiger partial charge in [0.1, 0.15) is 30.4 Å². The van der Waals surface area contributed by atoms with Crippen LogP contribution in [0.25, 0.3) is 10.4 Å². The molecule has 0 N–H and O–H groups in total. The number of amides is 1. The molecule has 0 aliphatic carbocycles. The van der Waals surface area contributed by atoms with Crippen LogP contribution in [0.5, 0.6) is 0 Å². The van der Waals surface area contributed by atoms with Crippen LogP contribution >= 0.6 is 27.7 Å². The molecule has 0 unspecified atom stereocenters. The maximum atomic E-state index is 15.3. The molecular formula is C25H38BrF2N5O3SSi. The number of hydrogen-bond acceptors (Lipinski definition) is 6. The van der Waals surface area contributed by atoms with E-state index in [-0.39, 0.29) is 24.0 Å². The Morgan fingerprint density at radius 2 is 2.03 bits per heavy atom. The minimum Gasteiger partial charge on any atom is -0.443 e. The Morgan fingerprint density at radius 1 is 1.37 bits per heavy atom. The molecule has 1 aliphatic heterocycles. The predicted octanol–water partition coefficient (Wildman–Crippen LogP) is 8.11. The molecule has 1 aliphatic rings. The van der Waals surface area contributed by atoms with E-state index in [4.69, 9.17) is 20.0 Å². The first kappa shape index (κ1) is 32.5. The Hall–Kier alpha value is -1.66. The molecule has 0 aromatic heterocycles. The van der Waals surface area contributed by atoms with Gasteiger partial charge in [0.05, 0.1) is 0 Å². The van der Waals surface area contributed by atoms with Gasteiger partial charge in [0.25, 0.3) is 0 Å². The summed E-state index contributed by atoms with van der Waals surface area (Å²) in [5.41, 5.74) is 6.58. The smallest absolute Gasteiger partial charge is 0.418 e. The number of azide groups is 1. The summed E-state index contributed by atoms with van der Waals surface area (Å²) in [5, 5.41) is 3.88. The van der Waals surface area contributed by atoms with Crippen LogP contribution in [-0.2, 0) is 15.0 Å². The van der Waals surface area contributed by atoms with Crippen molar-refractivity contribution < 1.29 is 23.0 Å². The number of carbonyl (C=O) groups is 1. The Labute approximate surface area is 237 Å². The first-order valence-corrected chi connectivity index (χ1v) is 17.7. The Morgan fingerprint density at radius 3 is 2.58 bits per heavy atom. The van der Waals surface area contributed by atoms with Crippen LogP contribution in [0.1, 0.15) is 40.2 Å². The van der Waals surface area contributed by atoms with E-state index in [1.165, 1.54) is 34.9 Å². The molecule has 0 fully saturated rings. The minimum atomic E-state index is -1.70. The SMILES string of the molecule is C[C@@H]1[C@@](C)(CN=[N+]=[N-])SC(N(COCC[Si](C)(C)C)C(=O)OC(C)(C)C)=N[C@]1(CF)c1cc(Br)ccc1F. The lowest BCUT2D eigenvalue weighted by atomic mass is 9.73. The molecule has 0 saturated heterocycles. The zero-order chi connectivity index (χ0) is 28.9. The number of ether oxygens (including phenoxy) is 2. The third-order valence-corrected chi connectivity index (χ3v) is 10.0. The average molecular weight is 635 g/mol. The van der Waals surface area contributed by atoms with Crippen LogP contribution < -0.4 is 0 Å². The Bertz CT molecular complexity index is 1090. The van der Waals surface area contributed by atoms with E-state index < -0.39 is 48.5 Å². The van der Waals surface area contributed by atoms with Gasteiger partial charge in [-0.3, -0.25) is 0 Å². The van der Waals surface area contributed by atoms with Crippen LogP contribution in [0.15, 0.2) is 32.8 Å². The van der Waals surface area contributed by atoms with Crippen molar-refractivity contribution in [1.82, 2.24) is 4.90 Å². The monoisotopic (exact) mass is 633 g/mol. The number of thioether (sulfide) groups is 1. The number of benzene rings is 1. The standard InChI is InChI=1S/C25H38BrF2N5O3SSi/c1-17-24(5,15-30-32-29)37-21(31-25(17,14-27)19-13-18(26)9-10-20(19)28)33(22(34)36-23(2,3)4)16-35-11-12-38(6,7)8/h9-10,13,17H,11-12,14-16H2,1-8H3/t17-,24-,25+/m1/s1. The molecule has 1 aromatic rings. The number of nitrogens with zero attached hydrogens (tertiary/aromatic N) is 5. The van der Waals surface area contributed by atoms with Crippen LogP contribution in [0.3, 0.4) is 0 Å². The summed E-state index contributed by atoms with van der Waals surface area (Å²) < 4.78 is 41.6. The van der Waals surface area contributed by atoms with Crippen LogP contribution in [0, 0.1) is 11.7 Å². The molecule has 3 atom stereocenters. The summed E-state index contributed by atoms with van der Waals surface area (Å²) in [6, 6.07) is 5.14. The molecule has 212 valence electrons. The van der Waals surface area contributed by atoms with Crippen molar-refractivity contribution in [3.63, 3.8) is 0 Å². The molecule has 2 rings (SSSR count). The predicted molar refractivity (Wildman–Crippen MR) is 155 cm³/mol. The fraction of sp³-hybridized carbons (Fsp3) is 0.680. The quantitative estimate of drug-likeness (QED) is 0.0684. The van der Waals surface area contributed by atoms with Gasteiger partial charge in [0.15, 0.2) is 5.17 Å². The summed E-state index contributed by atoms with van der Waals surface area (Å²) in [4.78, 5) is 22.2. The highest BCUT2D eigenvalue weighted by atomic mass is 79.9. The van der Waals surface area contributed by atoms with E-state index in [0.717, 1.165) is 6.04 Å². The van der Waals surface area contributed by atoms with Gasteiger partial charge in [-0.25, -0.2) is 23.5 Å². The zero-order valence-corrected chi connectivity index (χ0v) is 26.8. The highest BCUT2D eigenvalue weighted by molar-refractivity contribution is 9.10.